The van der Waals surface area contributed by atoms with E-state index in [0.29, 0.717) is 16.7 Å². The van der Waals surface area contributed by atoms with Gasteiger partial charge in [0.15, 0.2) is 0 Å². The van der Waals surface area contributed by atoms with Crippen molar-refractivity contribution in [1.29, 1.82) is 0 Å². The van der Waals surface area contributed by atoms with Crippen LogP contribution >= 0.6 is 34.8 Å². The lowest BCUT2D eigenvalue weighted by Crippen LogP contribution is -2.56. The number of amides is 2. The van der Waals surface area contributed by atoms with Crippen LogP contribution in [0.4, 0.5) is 13.6 Å². The Bertz CT molecular complexity index is 812. The van der Waals surface area contributed by atoms with Crippen LogP contribution in [0.2, 0.25) is 10.0 Å². The summed E-state index contributed by atoms with van der Waals surface area (Å²) < 4.78 is 26.8. The number of nitrogens with zero attached hydrogens (tertiary/aromatic N) is 2. The van der Waals surface area contributed by atoms with Crippen molar-refractivity contribution < 1.29 is 28.3 Å². The smallest absolute Gasteiger partial charge is 0.407 e. The van der Waals surface area contributed by atoms with E-state index >= 15 is 0 Å². The molecule has 0 spiro atoms. The first-order valence-electron chi connectivity index (χ1n) is 8.77. The van der Waals surface area contributed by atoms with Crippen molar-refractivity contribution in [2.45, 2.75) is 43.5 Å². The number of hydrogen-bond acceptors (Lipinski definition) is 3. The fourth-order valence-electron chi connectivity index (χ4n) is 3.10. The van der Waals surface area contributed by atoms with Gasteiger partial charge in [0.05, 0.1) is 10.0 Å². The number of hydrogen-bond donors (Lipinski definition) is 1. The molecule has 0 saturated carbocycles. The number of halogens is 5. The summed E-state index contributed by atoms with van der Waals surface area (Å²) in [6, 6.07) is 4.38. The maximum atomic E-state index is 13.4. The van der Waals surface area contributed by atoms with E-state index in [2.05, 4.69) is 0 Å². The zero-order valence-electron chi connectivity index (χ0n) is 16.9. The lowest BCUT2D eigenvalue weighted by molar-refractivity contribution is -0.146. The second-order valence-corrected chi connectivity index (χ2v) is 9.27. The highest BCUT2D eigenvalue weighted by Gasteiger charge is 2.45. The maximum absolute atomic E-state index is 13.4. The normalized spacial score (nSPS) is 14.0. The van der Waals surface area contributed by atoms with E-state index in [1.165, 1.54) is 18.2 Å². The number of carbonyl (C=O) groups is 3. The number of likely N-dealkylation sites (N-methyl/N-ethyl adjacent to an activating group) is 1. The van der Waals surface area contributed by atoms with E-state index in [1.807, 2.05) is 0 Å². The average Bonchev–Trinajstić information content (AvgIpc) is 2.59. The van der Waals surface area contributed by atoms with Crippen LogP contribution in [0, 0.1) is 0 Å². The SMILES string of the molecule is CN(CC(CC=O)(CN(C(=O)O)C(C)(C)C)c1ccc(Cl)c(Cl)c1)C(=O)C(F)(F)Cl. The lowest BCUT2D eigenvalue weighted by Gasteiger charge is -2.44. The fraction of sp³-hybridized carbons (Fsp3) is 0.526. The highest BCUT2D eigenvalue weighted by Crippen LogP contribution is 2.36. The first kappa shape index (κ1) is 26.4. The Hall–Kier alpha value is -1.64. The van der Waals surface area contributed by atoms with Gasteiger partial charge in [-0.15, -0.1) is 0 Å². The van der Waals surface area contributed by atoms with Gasteiger partial charge in [-0.05, 0) is 50.1 Å². The molecule has 1 atom stereocenters. The van der Waals surface area contributed by atoms with Crippen molar-refractivity contribution in [2.75, 3.05) is 20.1 Å². The van der Waals surface area contributed by atoms with Gasteiger partial charge in [-0.2, -0.15) is 8.78 Å². The molecule has 1 N–H and O–H groups in total. The number of rotatable bonds is 8. The highest BCUT2D eigenvalue weighted by atomic mass is 35.5. The summed E-state index contributed by atoms with van der Waals surface area (Å²) in [5, 5.41) is 5.91. The van der Waals surface area contributed by atoms with Gasteiger partial charge in [0, 0.05) is 37.5 Å². The molecule has 0 radical (unpaired) electrons. The third kappa shape index (κ3) is 6.43. The Labute approximate surface area is 188 Å². The summed E-state index contributed by atoms with van der Waals surface area (Å²) >= 11 is 16.9. The predicted molar refractivity (Wildman–Crippen MR) is 112 cm³/mol. The molecule has 1 aromatic carbocycles. The highest BCUT2D eigenvalue weighted by molar-refractivity contribution is 6.42. The van der Waals surface area contributed by atoms with Gasteiger partial charge in [-0.25, -0.2) is 4.79 Å². The van der Waals surface area contributed by atoms with Crippen molar-refractivity contribution >= 4 is 53.1 Å². The average molecular weight is 488 g/mol. The second kappa shape index (κ2) is 9.66. The van der Waals surface area contributed by atoms with Gasteiger partial charge in [0.25, 0.3) is 0 Å². The minimum Gasteiger partial charge on any atom is -0.465 e. The third-order valence-corrected chi connectivity index (χ3v) is 5.54. The Kier molecular flexibility index (Phi) is 8.50. The standard InChI is InChI=1S/C19H23Cl3F2N2O4/c1-17(2,3)26(16(29)30)11-18(7-8-27,10-25(4)15(28)19(22,23)24)12-5-6-13(20)14(21)9-12/h5-6,8-9H,7,10-11H2,1-4H3,(H,29,30). The maximum Gasteiger partial charge on any atom is 0.407 e. The molecule has 0 heterocycles. The summed E-state index contributed by atoms with van der Waals surface area (Å²) in [5.74, 6) is -1.68. The van der Waals surface area contributed by atoms with Gasteiger partial charge in [0.2, 0.25) is 0 Å². The number of aldehydes is 1. The molecule has 1 aromatic rings. The van der Waals surface area contributed by atoms with Crippen molar-refractivity contribution in [3.05, 3.63) is 33.8 Å². The van der Waals surface area contributed by atoms with Gasteiger partial charge in [0.1, 0.15) is 6.29 Å². The molecule has 0 aliphatic rings. The number of benzene rings is 1. The van der Waals surface area contributed by atoms with Crippen molar-refractivity contribution in [3.63, 3.8) is 0 Å². The molecule has 168 valence electrons. The van der Waals surface area contributed by atoms with Gasteiger partial charge >= 0.3 is 17.4 Å². The minimum atomic E-state index is -4.16. The molecule has 6 nitrogen and oxygen atoms in total. The molecule has 0 aliphatic heterocycles. The fourth-order valence-corrected chi connectivity index (χ4v) is 3.54. The van der Waals surface area contributed by atoms with Crippen LogP contribution in [0.15, 0.2) is 18.2 Å². The van der Waals surface area contributed by atoms with Crippen LogP contribution in [0.1, 0.15) is 32.8 Å². The predicted octanol–water partition coefficient (Wildman–Crippen LogP) is 4.89. The minimum absolute atomic E-state index is 0.124. The molecular formula is C19H23Cl3F2N2O4. The molecule has 11 heteroatoms. The topological polar surface area (TPSA) is 77.9 Å². The van der Waals surface area contributed by atoms with Crippen LogP contribution in [0.5, 0.6) is 0 Å². The molecule has 0 bridgehead atoms. The van der Waals surface area contributed by atoms with Gasteiger partial charge in [-0.1, -0.05) is 29.3 Å². The summed E-state index contributed by atoms with van der Waals surface area (Å²) in [4.78, 5) is 37.2. The Morgan fingerprint density at radius 3 is 2.10 bits per heavy atom. The lowest BCUT2D eigenvalue weighted by atomic mass is 9.76. The molecule has 1 unspecified atom stereocenters. The van der Waals surface area contributed by atoms with Crippen LogP contribution < -0.4 is 0 Å². The molecule has 2 amide bonds. The Morgan fingerprint density at radius 2 is 1.70 bits per heavy atom. The summed E-state index contributed by atoms with van der Waals surface area (Å²) in [6.45, 7) is 4.22. The summed E-state index contributed by atoms with van der Waals surface area (Å²) in [5.41, 5.74) is -1.93. The first-order valence-corrected chi connectivity index (χ1v) is 9.90. The van der Waals surface area contributed by atoms with Gasteiger partial charge < -0.3 is 19.7 Å². The molecular weight excluding hydrogens is 465 g/mol. The molecule has 0 fully saturated rings. The molecule has 0 aliphatic carbocycles. The van der Waals surface area contributed by atoms with E-state index in [4.69, 9.17) is 34.8 Å². The third-order valence-electron chi connectivity index (χ3n) is 4.64. The largest absolute Gasteiger partial charge is 0.465 e. The van der Waals surface area contributed by atoms with Crippen LogP contribution in [0.3, 0.4) is 0 Å². The van der Waals surface area contributed by atoms with Gasteiger partial charge in [-0.3, -0.25) is 4.79 Å². The summed E-state index contributed by atoms with van der Waals surface area (Å²) in [7, 11) is 1.10. The first-order chi connectivity index (χ1) is 13.5. The zero-order chi connectivity index (χ0) is 23.5. The second-order valence-electron chi connectivity index (χ2n) is 7.98. The van der Waals surface area contributed by atoms with E-state index in [0.717, 1.165) is 11.9 Å². The molecule has 30 heavy (non-hydrogen) atoms. The Balaban J connectivity index is 3.64. The molecule has 0 aromatic heterocycles. The number of carboxylic acid groups (broad SMARTS) is 1. The number of alkyl halides is 3. The number of carbonyl (C=O) groups excluding carboxylic acids is 2. The quantitative estimate of drug-likeness (QED) is 0.418. The van der Waals surface area contributed by atoms with E-state index in [9.17, 15) is 28.3 Å². The van der Waals surface area contributed by atoms with Crippen molar-refractivity contribution in [1.82, 2.24) is 9.80 Å². The van der Waals surface area contributed by atoms with Crippen LogP contribution in [0.25, 0.3) is 0 Å². The van der Waals surface area contributed by atoms with Crippen LogP contribution in [-0.2, 0) is 15.0 Å². The monoisotopic (exact) mass is 486 g/mol. The van der Waals surface area contributed by atoms with E-state index in [1.54, 1.807) is 20.8 Å². The molecule has 0 saturated heterocycles. The van der Waals surface area contributed by atoms with E-state index < -0.39 is 34.9 Å². The van der Waals surface area contributed by atoms with Crippen LogP contribution in [-0.4, -0.2) is 64.3 Å². The summed E-state index contributed by atoms with van der Waals surface area (Å²) in [6.07, 6.45) is -1.03. The zero-order valence-corrected chi connectivity index (χ0v) is 19.2. The van der Waals surface area contributed by atoms with Crippen molar-refractivity contribution in [3.8, 4) is 0 Å². The Morgan fingerprint density at radius 1 is 1.13 bits per heavy atom. The molecule has 1 rings (SSSR count). The van der Waals surface area contributed by atoms with Crippen molar-refractivity contribution in [2.24, 2.45) is 0 Å². The van der Waals surface area contributed by atoms with E-state index in [-0.39, 0.29) is 23.0 Å².